The highest BCUT2D eigenvalue weighted by Gasteiger charge is 2.23. The van der Waals surface area contributed by atoms with Gasteiger partial charge >= 0.3 is 5.97 Å². The second-order valence-corrected chi connectivity index (χ2v) is 9.11. The molecule has 0 bridgehead atoms. The maximum absolute atomic E-state index is 12.9. The van der Waals surface area contributed by atoms with E-state index in [1.165, 1.54) is 25.7 Å². The van der Waals surface area contributed by atoms with Crippen LogP contribution in [0.15, 0.2) is 47.4 Å². The van der Waals surface area contributed by atoms with Crippen LogP contribution in [0.25, 0.3) is 0 Å². The molecule has 3 rings (SSSR count). The van der Waals surface area contributed by atoms with E-state index in [0.717, 1.165) is 25.7 Å². The van der Waals surface area contributed by atoms with Gasteiger partial charge in [0.05, 0.1) is 28.8 Å². The number of hydrogen-bond acceptors (Lipinski definition) is 5. The van der Waals surface area contributed by atoms with Crippen LogP contribution in [0, 0.1) is 6.92 Å². The van der Waals surface area contributed by atoms with Gasteiger partial charge in [0.15, 0.2) is 0 Å². The number of methoxy groups -OCH3 is 1. The number of carbonyl (C=O) groups excluding carboxylic acids is 2. The minimum absolute atomic E-state index is 0.0870. The molecule has 1 aliphatic rings. The molecule has 1 saturated carbocycles. The Morgan fingerprint density at radius 2 is 1.70 bits per heavy atom. The van der Waals surface area contributed by atoms with Crippen molar-refractivity contribution < 1.29 is 22.7 Å². The summed E-state index contributed by atoms with van der Waals surface area (Å²) in [5.74, 6) is -0.920. The number of rotatable bonds is 6. The van der Waals surface area contributed by atoms with E-state index in [2.05, 4.69) is 10.0 Å². The SMILES string of the molecule is COC(=O)c1cc(S(=O)(=O)Nc2ccccc2C(=O)NC2CCCCC2)ccc1C. The van der Waals surface area contributed by atoms with E-state index in [4.69, 9.17) is 4.74 Å². The van der Waals surface area contributed by atoms with Crippen LogP contribution in [0.2, 0.25) is 0 Å². The number of ether oxygens (including phenoxy) is 1. The molecular formula is C22H26N2O5S. The largest absolute Gasteiger partial charge is 0.465 e. The molecule has 0 unspecified atom stereocenters. The number of para-hydroxylation sites is 1. The number of benzene rings is 2. The molecule has 30 heavy (non-hydrogen) atoms. The third-order valence-corrected chi connectivity index (χ3v) is 6.64. The van der Waals surface area contributed by atoms with Crippen LogP contribution in [0.4, 0.5) is 5.69 Å². The third-order valence-electron chi connectivity index (χ3n) is 5.28. The topological polar surface area (TPSA) is 102 Å². The van der Waals surface area contributed by atoms with Crippen LogP contribution >= 0.6 is 0 Å². The lowest BCUT2D eigenvalue weighted by atomic mass is 9.95. The number of nitrogens with one attached hydrogen (secondary N) is 2. The van der Waals surface area contributed by atoms with Crippen molar-refractivity contribution in [3.63, 3.8) is 0 Å². The van der Waals surface area contributed by atoms with Crippen LogP contribution in [0.5, 0.6) is 0 Å². The Morgan fingerprint density at radius 1 is 1.00 bits per heavy atom. The summed E-state index contributed by atoms with van der Waals surface area (Å²) in [6, 6.07) is 10.8. The smallest absolute Gasteiger partial charge is 0.338 e. The molecule has 1 aliphatic carbocycles. The summed E-state index contributed by atoms with van der Waals surface area (Å²) in [5, 5.41) is 3.01. The lowest BCUT2D eigenvalue weighted by molar-refractivity contribution is 0.0599. The first-order valence-corrected chi connectivity index (χ1v) is 11.4. The van der Waals surface area contributed by atoms with Gasteiger partial charge in [0.2, 0.25) is 0 Å². The van der Waals surface area contributed by atoms with Crippen LogP contribution in [-0.4, -0.2) is 33.4 Å². The monoisotopic (exact) mass is 430 g/mol. The third kappa shape index (κ3) is 4.99. The standard InChI is InChI=1S/C22H26N2O5S/c1-15-12-13-17(14-19(15)22(26)29-2)30(27,28)24-20-11-7-6-10-18(20)21(25)23-16-8-4-3-5-9-16/h6-7,10-14,16,24H,3-5,8-9H2,1-2H3,(H,23,25). The van der Waals surface area contributed by atoms with Gasteiger partial charge in [-0.2, -0.15) is 0 Å². The number of hydrogen-bond donors (Lipinski definition) is 2. The number of amides is 1. The van der Waals surface area contributed by atoms with Gasteiger partial charge in [0.25, 0.3) is 15.9 Å². The van der Waals surface area contributed by atoms with Gasteiger partial charge in [0, 0.05) is 6.04 Å². The van der Waals surface area contributed by atoms with Gasteiger partial charge in [-0.15, -0.1) is 0 Å². The van der Waals surface area contributed by atoms with E-state index in [-0.39, 0.29) is 33.7 Å². The van der Waals surface area contributed by atoms with Crippen molar-refractivity contribution in [2.45, 2.75) is 50.0 Å². The van der Waals surface area contributed by atoms with Crippen LogP contribution in [0.1, 0.15) is 58.4 Å². The zero-order chi connectivity index (χ0) is 21.7. The van der Waals surface area contributed by atoms with Crippen molar-refractivity contribution in [1.82, 2.24) is 5.32 Å². The molecule has 0 aromatic heterocycles. The Morgan fingerprint density at radius 3 is 2.40 bits per heavy atom. The summed E-state index contributed by atoms with van der Waals surface area (Å²) >= 11 is 0. The summed E-state index contributed by atoms with van der Waals surface area (Å²) in [6.45, 7) is 1.70. The molecule has 0 aliphatic heterocycles. The minimum atomic E-state index is -4.02. The van der Waals surface area contributed by atoms with Crippen molar-refractivity contribution in [2.24, 2.45) is 0 Å². The van der Waals surface area contributed by atoms with Gasteiger partial charge in [-0.05, 0) is 49.6 Å². The number of esters is 1. The van der Waals surface area contributed by atoms with Crippen LogP contribution in [-0.2, 0) is 14.8 Å². The Bertz CT molecular complexity index is 1040. The fourth-order valence-electron chi connectivity index (χ4n) is 3.58. The Hall–Kier alpha value is -2.87. The fraction of sp³-hybridized carbons (Fsp3) is 0.364. The quantitative estimate of drug-likeness (QED) is 0.681. The Balaban J connectivity index is 1.85. The van der Waals surface area contributed by atoms with Crippen molar-refractivity contribution >= 4 is 27.6 Å². The maximum Gasteiger partial charge on any atom is 0.338 e. The van der Waals surface area contributed by atoms with Crippen molar-refractivity contribution in [1.29, 1.82) is 0 Å². The first-order valence-electron chi connectivity index (χ1n) is 9.93. The highest BCUT2D eigenvalue weighted by molar-refractivity contribution is 7.92. The van der Waals surface area contributed by atoms with E-state index in [1.807, 2.05) is 0 Å². The van der Waals surface area contributed by atoms with E-state index in [9.17, 15) is 18.0 Å². The highest BCUT2D eigenvalue weighted by Crippen LogP contribution is 2.23. The van der Waals surface area contributed by atoms with Gasteiger partial charge in [-0.1, -0.05) is 37.5 Å². The average molecular weight is 431 g/mol. The van der Waals surface area contributed by atoms with Gasteiger partial charge in [-0.25, -0.2) is 13.2 Å². The molecule has 8 heteroatoms. The second-order valence-electron chi connectivity index (χ2n) is 7.43. The van der Waals surface area contributed by atoms with Gasteiger partial charge in [-0.3, -0.25) is 9.52 Å². The predicted octanol–water partition coefficient (Wildman–Crippen LogP) is 3.64. The summed E-state index contributed by atoms with van der Waals surface area (Å²) in [5.41, 5.74) is 1.22. The zero-order valence-electron chi connectivity index (χ0n) is 17.1. The molecule has 0 saturated heterocycles. The highest BCUT2D eigenvalue weighted by atomic mass is 32.2. The molecule has 7 nitrogen and oxygen atoms in total. The van der Waals surface area contributed by atoms with Gasteiger partial charge < -0.3 is 10.1 Å². The second kappa shape index (κ2) is 9.30. The molecule has 0 spiro atoms. The Kier molecular flexibility index (Phi) is 6.77. The number of anilines is 1. The molecule has 0 heterocycles. The molecule has 2 aromatic rings. The summed E-state index contributed by atoms with van der Waals surface area (Å²) in [7, 11) is -2.78. The summed E-state index contributed by atoms with van der Waals surface area (Å²) in [6.07, 6.45) is 5.19. The minimum Gasteiger partial charge on any atom is -0.465 e. The first-order chi connectivity index (χ1) is 14.3. The lowest BCUT2D eigenvalue weighted by Crippen LogP contribution is -2.36. The van der Waals surface area contributed by atoms with E-state index in [1.54, 1.807) is 37.3 Å². The van der Waals surface area contributed by atoms with Gasteiger partial charge in [0.1, 0.15) is 0 Å². The molecule has 2 aromatic carbocycles. The molecule has 160 valence electrons. The van der Waals surface area contributed by atoms with Crippen LogP contribution in [0.3, 0.4) is 0 Å². The van der Waals surface area contributed by atoms with E-state index >= 15 is 0 Å². The number of sulfonamides is 1. The molecule has 2 N–H and O–H groups in total. The molecule has 1 amide bonds. The molecule has 0 radical (unpaired) electrons. The van der Waals surface area contributed by atoms with Crippen molar-refractivity contribution in [3.05, 3.63) is 59.2 Å². The van der Waals surface area contributed by atoms with Crippen molar-refractivity contribution in [3.8, 4) is 0 Å². The molecule has 1 fully saturated rings. The Labute approximate surface area is 176 Å². The average Bonchev–Trinajstić information content (AvgIpc) is 2.74. The summed E-state index contributed by atoms with van der Waals surface area (Å²) < 4.78 is 33.1. The predicted molar refractivity (Wildman–Crippen MR) is 114 cm³/mol. The maximum atomic E-state index is 12.9. The van der Waals surface area contributed by atoms with E-state index in [0.29, 0.717) is 5.56 Å². The normalized spacial score (nSPS) is 14.7. The summed E-state index contributed by atoms with van der Waals surface area (Å²) in [4.78, 5) is 24.6. The molecular weight excluding hydrogens is 404 g/mol. The fourth-order valence-corrected chi connectivity index (χ4v) is 4.69. The van der Waals surface area contributed by atoms with Crippen LogP contribution < -0.4 is 10.0 Å². The number of carbonyl (C=O) groups is 2. The van der Waals surface area contributed by atoms with Crippen molar-refractivity contribution in [2.75, 3.05) is 11.8 Å². The number of aryl methyl sites for hydroxylation is 1. The first kappa shape index (κ1) is 21.8. The molecule has 0 atom stereocenters. The lowest BCUT2D eigenvalue weighted by Gasteiger charge is -2.23. The zero-order valence-corrected chi connectivity index (χ0v) is 17.9. The van der Waals surface area contributed by atoms with E-state index < -0.39 is 16.0 Å².